The van der Waals surface area contributed by atoms with Crippen molar-refractivity contribution in [2.45, 2.75) is 32.6 Å². The highest BCUT2D eigenvalue weighted by Crippen LogP contribution is 2.14. The molecule has 82 valence electrons. The summed E-state index contributed by atoms with van der Waals surface area (Å²) in [5.74, 6) is -0.206. The van der Waals surface area contributed by atoms with E-state index in [-0.39, 0.29) is 6.42 Å². The standard InChI is InChI=1S/C13H18O2/c1-11(8-10-13(14)15)7-9-12-5-3-2-4-6-12/h2-6,11H,7-10H2,1H3,(H,14,15). The van der Waals surface area contributed by atoms with Crippen LogP contribution in [0, 0.1) is 5.92 Å². The first-order chi connectivity index (χ1) is 7.18. The smallest absolute Gasteiger partial charge is 0.303 e. The van der Waals surface area contributed by atoms with Crippen LogP contribution >= 0.6 is 0 Å². The van der Waals surface area contributed by atoms with Crippen molar-refractivity contribution in [3.05, 3.63) is 35.9 Å². The fourth-order valence-electron chi connectivity index (χ4n) is 1.57. The zero-order valence-electron chi connectivity index (χ0n) is 9.15. The summed E-state index contributed by atoms with van der Waals surface area (Å²) < 4.78 is 0. The Kier molecular flexibility index (Phi) is 4.88. The molecule has 0 fully saturated rings. The molecule has 0 aliphatic carbocycles. The summed E-state index contributed by atoms with van der Waals surface area (Å²) in [7, 11) is 0. The SMILES string of the molecule is CC(CCC(=O)O)CCc1ccccc1. The van der Waals surface area contributed by atoms with Gasteiger partial charge in [0.05, 0.1) is 0 Å². The third-order valence-electron chi connectivity index (χ3n) is 2.62. The lowest BCUT2D eigenvalue weighted by molar-refractivity contribution is -0.137. The number of hydrogen-bond acceptors (Lipinski definition) is 1. The van der Waals surface area contributed by atoms with Crippen LogP contribution in [-0.4, -0.2) is 11.1 Å². The van der Waals surface area contributed by atoms with Gasteiger partial charge in [-0.15, -0.1) is 0 Å². The maximum absolute atomic E-state index is 10.4. The normalized spacial score (nSPS) is 12.3. The largest absolute Gasteiger partial charge is 0.481 e. The summed E-state index contributed by atoms with van der Waals surface area (Å²) in [5.41, 5.74) is 1.33. The minimum Gasteiger partial charge on any atom is -0.481 e. The van der Waals surface area contributed by atoms with E-state index in [1.807, 2.05) is 18.2 Å². The zero-order chi connectivity index (χ0) is 11.1. The maximum Gasteiger partial charge on any atom is 0.303 e. The number of rotatable bonds is 6. The molecule has 0 saturated carbocycles. The predicted octanol–water partition coefficient (Wildman–Crippen LogP) is 3.12. The van der Waals surface area contributed by atoms with Crippen molar-refractivity contribution in [2.75, 3.05) is 0 Å². The van der Waals surface area contributed by atoms with E-state index in [0.717, 1.165) is 19.3 Å². The molecule has 0 amide bonds. The molecule has 0 aromatic heterocycles. The summed E-state index contributed by atoms with van der Waals surface area (Å²) in [4.78, 5) is 10.4. The molecule has 1 atom stereocenters. The fraction of sp³-hybridized carbons (Fsp3) is 0.462. The van der Waals surface area contributed by atoms with Crippen molar-refractivity contribution >= 4 is 5.97 Å². The average molecular weight is 206 g/mol. The topological polar surface area (TPSA) is 37.3 Å². The second kappa shape index (κ2) is 6.23. The van der Waals surface area contributed by atoms with Gasteiger partial charge in [0.25, 0.3) is 0 Å². The van der Waals surface area contributed by atoms with Gasteiger partial charge in [0.15, 0.2) is 0 Å². The lowest BCUT2D eigenvalue weighted by Crippen LogP contribution is -2.02. The lowest BCUT2D eigenvalue weighted by atomic mass is 9.97. The van der Waals surface area contributed by atoms with Gasteiger partial charge in [0.2, 0.25) is 0 Å². The Morgan fingerprint density at radius 1 is 1.27 bits per heavy atom. The van der Waals surface area contributed by atoms with Gasteiger partial charge in [0, 0.05) is 6.42 Å². The molecule has 15 heavy (non-hydrogen) atoms. The molecule has 0 spiro atoms. The molecule has 0 aliphatic rings. The molecule has 0 heterocycles. The Morgan fingerprint density at radius 2 is 1.93 bits per heavy atom. The average Bonchev–Trinajstić information content (AvgIpc) is 2.25. The van der Waals surface area contributed by atoms with Gasteiger partial charge in [0.1, 0.15) is 0 Å². The Balaban J connectivity index is 2.22. The molecular formula is C13H18O2. The Morgan fingerprint density at radius 3 is 2.53 bits per heavy atom. The third kappa shape index (κ3) is 5.21. The van der Waals surface area contributed by atoms with E-state index in [9.17, 15) is 4.79 Å². The minimum absolute atomic E-state index is 0.288. The second-order valence-electron chi connectivity index (χ2n) is 4.06. The molecule has 1 aromatic carbocycles. The predicted molar refractivity (Wildman–Crippen MR) is 60.8 cm³/mol. The van der Waals surface area contributed by atoms with Crippen molar-refractivity contribution in [3.8, 4) is 0 Å². The first-order valence-corrected chi connectivity index (χ1v) is 5.44. The lowest BCUT2D eigenvalue weighted by Gasteiger charge is -2.09. The van der Waals surface area contributed by atoms with Crippen LogP contribution in [0.5, 0.6) is 0 Å². The summed E-state index contributed by atoms with van der Waals surface area (Å²) in [5, 5.41) is 8.55. The van der Waals surface area contributed by atoms with E-state index < -0.39 is 5.97 Å². The van der Waals surface area contributed by atoms with E-state index in [1.165, 1.54) is 5.56 Å². The number of aryl methyl sites for hydroxylation is 1. The van der Waals surface area contributed by atoms with Crippen LogP contribution in [0.15, 0.2) is 30.3 Å². The van der Waals surface area contributed by atoms with Gasteiger partial charge < -0.3 is 5.11 Å². The molecule has 2 nitrogen and oxygen atoms in total. The van der Waals surface area contributed by atoms with Crippen LogP contribution in [0.25, 0.3) is 0 Å². The van der Waals surface area contributed by atoms with Gasteiger partial charge in [-0.1, -0.05) is 37.3 Å². The van der Waals surface area contributed by atoms with Crippen molar-refractivity contribution in [3.63, 3.8) is 0 Å². The molecule has 0 bridgehead atoms. The molecule has 0 radical (unpaired) electrons. The Bertz CT molecular complexity index is 293. The van der Waals surface area contributed by atoms with Gasteiger partial charge in [-0.2, -0.15) is 0 Å². The highest BCUT2D eigenvalue weighted by molar-refractivity contribution is 5.66. The minimum atomic E-state index is -0.693. The van der Waals surface area contributed by atoms with Crippen molar-refractivity contribution in [2.24, 2.45) is 5.92 Å². The fourth-order valence-corrected chi connectivity index (χ4v) is 1.57. The van der Waals surface area contributed by atoms with E-state index in [0.29, 0.717) is 5.92 Å². The van der Waals surface area contributed by atoms with Gasteiger partial charge >= 0.3 is 5.97 Å². The molecule has 1 rings (SSSR count). The maximum atomic E-state index is 10.4. The molecule has 1 aromatic rings. The van der Waals surface area contributed by atoms with Crippen molar-refractivity contribution in [1.82, 2.24) is 0 Å². The number of benzene rings is 1. The molecule has 2 heteroatoms. The van der Waals surface area contributed by atoms with E-state index in [2.05, 4.69) is 19.1 Å². The number of carboxylic acids is 1. The van der Waals surface area contributed by atoms with Crippen LogP contribution in [0.3, 0.4) is 0 Å². The van der Waals surface area contributed by atoms with Crippen molar-refractivity contribution < 1.29 is 9.90 Å². The second-order valence-corrected chi connectivity index (χ2v) is 4.06. The first-order valence-electron chi connectivity index (χ1n) is 5.44. The monoisotopic (exact) mass is 206 g/mol. The highest BCUT2D eigenvalue weighted by atomic mass is 16.4. The van der Waals surface area contributed by atoms with Crippen LogP contribution in [0.2, 0.25) is 0 Å². The van der Waals surface area contributed by atoms with E-state index >= 15 is 0 Å². The zero-order valence-corrected chi connectivity index (χ0v) is 9.15. The van der Waals surface area contributed by atoms with Crippen LogP contribution in [-0.2, 0) is 11.2 Å². The number of carboxylic acid groups (broad SMARTS) is 1. The summed E-state index contributed by atoms with van der Waals surface area (Å²) in [6.07, 6.45) is 3.18. The van der Waals surface area contributed by atoms with Gasteiger partial charge in [-0.05, 0) is 30.7 Å². The van der Waals surface area contributed by atoms with Gasteiger partial charge in [-0.3, -0.25) is 4.79 Å². The molecule has 0 saturated heterocycles. The number of aliphatic carboxylic acids is 1. The van der Waals surface area contributed by atoms with Crippen molar-refractivity contribution in [1.29, 1.82) is 0 Å². The first kappa shape index (κ1) is 11.8. The molecular weight excluding hydrogens is 188 g/mol. The summed E-state index contributed by atoms with van der Waals surface area (Å²) >= 11 is 0. The van der Waals surface area contributed by atoms with Gasteiger partial charge in [-0.25, -0.2) is 0 Å². The molecule has 0 aliphatic heterocycles. The quantitative estimate of drug-likeness (QED) is 0.776. The van der Waals surface area contributed by atoms with Crippen LogP contribution in [0.1, 0.15) is 31.7 Å². The van der Waals surface area contributed by atoms with Crippen LogP contribution < -0.4 is 0 Å². The summed E-state index contributed by atoms with van der Waals surface area (Å²) in [6.45, 7) is 2.12. The number of carbonyl (C=O) groups is 1. The highest BCUT2D eigenvalue weighted by Gasteiger charge is 2.05. The molecule has 1 N–H and O–H groups in total. The molecule has 1 unspecified atom stereocenters. The number of hydrogen-bond donors (Lipinski definition) is 1. The Labute approximate surface area is 90.9 Å². The summed E-state index contributed by atoms with van der Waals surface area (Å²) in [6, 6.07) is 10.3. The van der Waals surface area contributed by atoms with E-state index in [4.69, 9.17) is 5.11 Å². The van der Waals surface area contributed by atoms with Crippen LogP contribution in [0.4, 0.5) is 0 Å². The van der Waals surface area contributed by atoms with E-state index in [1.54, 1.807) is 0 Å². The Hall–Kier alpha value is -1.31. The third-order valence-corrected chi connectivity index (χ3v) is 2.62.